The first-order valence-corrected chi connectivity index (χ1v) is 6.72. The molecule has 2 aromatic carbocycles. The maximum atomic E-state index is 11.8. The standard InChI is InChI=1S/C17H16O4/c1-17(12-8-4-3-5-9-12)13-10-6-7-11-14(13)20-16(21-17)15(18)19-2/h3-11,16H,1-2H3. The monoisotopic (exact) mass is 284 g/mol. The molecular weight excluding hydrogens is 268 g/mol. The molecule has 0 N–H and O–H groups in total. The van der Waals surface area contributed by atoms with Crippen molar-refractivity contribution < 1.29 is 19.0 Å². The Hall–Kier alpha value is -2.33. The van der Waals surface area contributed by atoms with Gasteiger partial charge in [0.15, 0.2) is 0 Å². The molecule has 21 heavy (non-hydrogen) atoms. The molecule has 0 amide bonds. The summed E-state index contributed by atoms with van der Waals surface area (Å²) >= 11 is 0. The van der Waals surface area contributed by atoms with E-state index in [1.807, 2.05) is 61.5 Å². The first-order chi connectivity index (χ1) is 10.1. The van der Waals surface area contributed by atoms with Crippen molar-refractivity contribution in [2.75, 3.05) is 7.11 Å². The lowest BCUT2D eigenvalue weighted by Gasteiger charge is -2.39. The summed E-state index contributed by atoms with van der Waals surface area (Å²) in [4.78, 5) is 11.8. The van der Waals surface area contributed by atoms with Gasteiger partial charge < -0.3 is 14.2 Å². The zero-order chi connectivity index (χ0) is 14.9. The Morgan fingerprint density at radius 3 is 2.48 bits per heavy atom. The number of carbonyl (C=O) groups excluding carboxylic acids is 1. The van der Waals surface area contributed by atoms with Gasteiger partial charge in [-0.15, -0.1) is 0 Å². The third kappa shape index (κ3) is 2.28. The number of fused-ring (bicyclic) bond motifs is 1. The maximum Gasteiger partial charge on any atom is 0.376 e. The smallest absolute Gasteiger partial charge is 0.376 e. The second-order valence-corrected chi connectivity index (χ2v) is 4.99. The number of hydrogen-bond acceptors (Lipinski definition) is 4. The Morgan fingerprint density at radius 1 is 1.10 bits per heavy atom. The van der Waals surface area contributed by atoms with Crippen LogP contribution in [0.3, 0.4) is 0 Å². The molecule has 0 saturated carbocycles. The van der Waals surface area contributed by atoms with Gasteiger partial charge in [-0.25, -0.2) is 4.79 Å². The van der Waals surface area contributed by atoms with Gasteiger partial charge in [-0.05, 0) is 18.6 Å². The highest BCUT2D eigenvalue weighted by Crippen LogP contribution is 2.43. The second-order valence-electron chi connectivity index (χ2n) is 4.99. The Morgan fingerprint density at radius 2 is 1.76 bits per heavy atom. The SMILES string of the molecule is COC(=O)C1Oc2ccccc2C(C)(c2ccccc2)O1. The van der Waals surface area contributed by atoms with Crippen molar-refractivity contribution in [1.82, 2.24) is 0 Å². The van der Waals surface area contributed by atoms with Gasteiger partial charge in [0.2, 0.25) is 0 Å². The molecule has 0 aliphatic carbocycles. The number of esters is 1. The molecule has 0 aromatic heterocycles. The highest BCUT2D eigenvalue weighted by molar-refractivity contribution is 5.74. The van der Waals surface area contributed by atoms with Crippen LogP contribution in [0.4, 0.5) is 0 Å². The third-order valence-corrected chi connectivity index (χ3v) is 3.70. The molecule has 2 aromatic rings. The van der Waals surface area contributed by atoms with Gasteiger partial charge in [-0.1, -0.05) is 48.5 Å². The summed E-state index contributed by atoms with van der Waals surface area (Å²) in [6, 6.07) is 17.3. The van der Waals surface area contributed by atoms with E-state index >= 15 is 0 Å². The first-order valence-electron chi connectivity index (χ1n) is 6.72. The minimum absolute atomic E-state index is 0.549. The van der Waals surface area contributed by atoms with Crippen LogP contribution in [-0.4, -0.2) is 19.4 Å². The van der Waals surface area contributed by atoms with Gasteiger partial charge >= 0.3 is 12.3 Å². The van der Waals surface area contributed by atoms with E-state index < -0.39 is 17.9 Å². The minimum atomic E-state index is -1.07. The van der Waals surface area contributed by atoms with Crippen molar-refractivity contribution in [3.05, 3.63) is 65.7 Å². The third-order valence-electron chi connectivity index (χ3n) is 3.70. The van der Waals surface area contributed by atoms with E-state index in [9.17, 15) is 4.79 Å². The van der Waals surface area contributed by atoms with Gasteiger partial charge in [-0.2, -0.15) is 0 Å². The zero-order valence-corrected chi connectivity index (χ0v) is 11.9. The fourth-order valence-electron chi connectivity index (χ4n) is 2.55. The van der Waals surface area contributed by atoms with E-state index in [-0.39, 0.29) is 0 Å². The number of methoxy groups -OCH3 is 1. The van der Waals surface area contributed by atoms with Crippen LogP contribution in [0.15, 0.2) is 54.6 Å². The summed E-state index contributed by atoms with van der Waals surface area (Å²) in [6.45, 7) is 1.93. The average Bonchev–Trinajstić information content (AvgIpc) is 2.55. The van der Waals surface area contributed by atoms with Gasteiger partial charge in [0.1, 0.15) is 11.4 Å². The Balaban J connectivity index is 2.12. The largest absolute Gasteiger partial charge is 0.464 e. The van der Waals surface area contributed by atoms with Crippen molar-refractivity contribution in [3.8, 4) is 5.75 Å². The number of hydrogen-bond donors (Lipinski definition) is 0. The van der Waals surface area contributed by atoms with Crippen LogP contribution in [-0.2, 0) is 19.9 Å². The number of para-hydroxylation sites is 1. The van der Waals surface area contributed by atoms with E-state index in [0.29, 0.717) is 5.75 Å². The topological polar surface area (TPSA) is 44.8 Å². The summed E-state index contributed by atoms with van der Waals surface area (Å²) in [7, 11) is 1.31. The first kappa shape index (κ1) is 13.6. The average molecular weight is 284 g/mol. The molecule has 0 saturated heterocycles. The van der Waals surface area contributed by atoms with E-state index in [2.05, 4.69) is 0 Å². The van der Waals surface area contributed by atoms with Crippen LogP contribution in [0, 0.1) is 0 Å². The molecule has 0 bridgehead atoms. The molecule has 1 heterocycles. The van der Waals surface area contributed by atoms with E-state index in [1.165, 1.54) is 7.11 Å². The molecule has 3 rings (SSSR count). The molecule has 2 atom stereocenters. The van der Waals surface area contributed by atoms with Crippen LogP contribution < -0.4 is 4.74 Å². The quantitative estimate of drug-likeness (QED) is 0.795. The number of benzene rings is 2. The normalized spacial score (nSPS) is 23.8. The number of rotatable bonds is 2. The van der Waals surface area contributed by atoms with Gasteiger partial charge in [0, 0.05) is 5.56 Å². The summed E-state index contributed by atoms with van der Waals surface area (Å²) in [5.74, 6) is 0.0807. The molecule has 1 aliphatic rings. The van der Waals surface area contributed by atoms with Gasteiger partial charge in [0.25, 0.3) is 0 Å². The van der Waals surface area contributed by atoms with Crippen LogP contribution in [0.1, 0.15) is 18.1 Å². The molecule has 0 spiro atoms. The van der Waals surface area contributed by atoms with E-state index in [4.69, 9.17) is 14.2 Å². The van der Waals surface area contributed by atoms with E-state index in [0.717, 1.165) is 11.1 Å². The highest BCUT2D eigenvalue weighted by atomic mass is 16.7. The summed E-state index contributed by atoms with van der Waals surface area (Å²) in [6.07, 6.45) is -1.07. The predicted molar refractivity (Wildman–Crippen MR) is 76.9 cm³/mol. The van der Waals surface area contributed by atoms with Crippen LogP contribution >= 0.6 is 0 Å². The van der Waals surface area contributed by atoms with Crippen LogP contribution in [0.25, 0.3) is 0 Å². The fraction of sp³-hybridized carbons (Fsp3) is 0.235. The van der Waals surface area contributed by atoms with Gasteiger partial charge in [0.05, 0.1) is 7.11 Å². The molecule has 108 valence electrons. The van der Waals surface area contributed by atoms with Crippen molar-refractivity contribution in [2.45, 2.75) is 18.8 Å². The fourth-order valence-corrected chi connectivity index (χ4v) is 2.55. The van der Waals surface area contributed by atoms with Crippen molar-refractivity contribution in [2.24, 2.45) is 0 Å². The lowest BCUT2D eigenvalue weighted by molar-refractivity contribution is -0.203. The molecule has 0 fully saturated rings. The molecule has 0 radical (unpaired) electrons. The number of ether oxygens (including phenoxy) is 3. The Kier molecular flexibility index (Phi) is 3.39. The molecule has 4 nitrogen and oxygen atoms in total. The number of carbonyl (C=O) groups is 1. The molecule has 2 unspecified atom stereocenters. The molecule has 4 heteroatoms. The summed E-state index contributed by atoms with van der Waals surface area (Å²) in [5.41, 5.74) is 1.07. The summed E-state index contributed by atoms with van der Waals surface area (Å²) < 4.78 is 16.3. The Bertz CT molecular complexity index is 653. The molecule has 1 aliphatic heterocycles. The van der Waals surface area contributed by atoms with Crippen molar-refractivity contribution in [3.63, 3.8) is 0 Å². The van der Waals surface area contributed by atoms with Crippen LogP contribution in [0.2, 0.25) is 0 Å². The van der Waals surface area contributed by atoms with E-state index in [1.54, 1.807) is 0 Å². The van der Waals surface area contributed by atoms with Gasteiger partial charge in [-0.3, -0.25) is 0 Å². The van der Waals surface area contributed by atoms with Crippen molar-refractivity contribution in [1.29, 1.82) is 0 Å². The predicted octanol–water partition coefficient (Wildman–Crippen LogP) is 2.86. The minimum Gasteiger partial charge on any atom is -0.464 e. The Labute approximate surface area is 123 Å². The lowest BCUT2D eigenvalue weighted by Crippen LogP contribution is -2.44. The lowest BCUT2D eigenvalue weighted by atomic mass is 9.86. The van der Waals surface area contributed by atoms with Crippen LogP contribution in [0.5, 0.6) is 5.75 Å². The second kappa shape index (κ2) is 5.22. The molecular formula is C17H16O4. The zero-order valence-electron chi connectivity index (χ0n) is 11.9. The highest BCUT2D eigenvalue weighted by Gasteiger charge is 2.43. The maximum absolute atomic E-state index is 11.8. The summed E-state index contributed by atoms with van der Waals surface area (Å²) in [5, 5.41) is 0. The van der Waals surface area contributed by atoms with Crippen molar-refractivity contribution >= 4 is 5.97 Å².